The highest BCUT2D eigenvalue weighted by molar-refractivity contribution is 6.33. The minimum atomic E-state index is -1.14. The van der Waals surface area contributed by atoms with Gasteiger partial charge in [0.1, 0.15) is 5.76 Å². The normalized spacial score (nSPS) is 10.7. The van der Waals surface area contributed by atoms with Crippen LogP contribution in [-0.4, -0.2) is 17.0 Å². The Morgan fingerprint density at radius 1 is 1.24 bits per heavy atom. The van der Waals surface area contributed by atoms with Crippen molar-refractivity contribution >= 4 is 29.2 Å². The second-order valence-electron chi connectivity index (χ2n) is 4.81. The molecule has 0 aliphatic heterocycles. The number of nitrogens with one attached hydrogen (secondary N) is 1. The van der Waals surface area contributed by atoms with Gasteiger partial charge in [0.05, 0.1) is 10.7 Å². The van der Waals surface area contributed by atoms with Crippen LogP contribution in [0.5, 0.6) is 0 Å². The average molecular weight is 308 g/mol. The number of hydrogen-bond acceptors (Lipinski definition) is 3. The van der Waals surface area contributed by atoms with Gasteiger partial charge in [0.2, 0.25) is 11.7 Å². The molecule has 0 aliphatic rings. The zero-order valence-electron chi connectivity index (χ0n) is 11.5. The van der Waals surface area contributed by atoms with E-state index in [0.29, 0.717) is 22.0 Å². The molecule has 0 aliphatic carbocycles. The number of carboxylic acid groups (broad SMARTS) is 1. The molecule has 21 heavy (non-hydrogen) atoms. The van der Waals surface area contributed by atoms with Crippen LogP contribution in [0.25, 0.3) is 11.3 Å². The zero-order chi connectivity index (χ0) is 15.6. The minimum absolute atomic E-state index is 0.146. The van der Waals surface area contributed by atoms with Crippen molar-refractivity contribution in [2.24, 2.45) is 5.92 Å². The summed E-state index contributed by atoms with van der Waals surface area (Å²) >= 11 is 6.05. The smallest absolute Gasteiger partial charge is 0.371 e. The van der Waals surface area contributed by atoms with Crippen LogP contribution >= 0.6 is 11.6 Å². The molecule has 1 aromatic heterocycles. The molecule has 1 amide bonds. The molecule has 0 saturated carbocycles. The van der Waals surface area contributed by atoms with E-state index in [2.05, 4.69) is 5.32 Å². The quantitative estimate of drug-likeness (QED) is 0.898. The van der Waals surface area contributed by atoms with Crippen molar-refractivity contribution in [3.63, 3.8) is 0 Å². The fraction of sp³-hybridized carbons (Fsp3) is 0.200. The van der Waals surface area contributed by atoms with Gasteiger partial charge >= 0.3 is 5.97 Å². The van der Waals surface area contributed by atoms with E-state index < -0.39 is 5.97 Å². The van der Waals surface area contributed by atoms with E-state index in [9.17, 15) is 9.59 Å². The number of aromatic carboxylic acids is 1. The first-order valence-corrected chi connectivity index (χ1v) is 6.70. The van der Waals surface area contributed by atoms with Crippen molar-refractivity contribution in [2.75, 3.05) is 5.32 Å². The van der Waals surface area contributed by atoms with Crippen molar-refractivity contribution in [1.29, 1.82) is 0 Å². The Hall–Kier alpha value is -2.27. The van der Waals surface area contributed by atoms with Gasteiger partial charge in [0.15, 0.2) is 0 Å². The molecule has 0 atom stereocenters. The second-order valence-corrected chi connectivity index (χ2v) is 5.21. The summed E-state index contributed by atoms with van der Waals surface area (Å²) in [4.78, 5) is 22.5. The SMILES string of the molecule is CC(C)C(=O)Nc1cc(-c2ccc(C(=O)O)o2)ccc1Cl. The van der Waals surface area contributed by atoms with Gasteiger partial charge in [-0.15, -0.1) is 0 Å². The summed E-state index contributed by atoms with van der Waals surface area (Å²) in [6.45, 7) is 3.55. The highest BCUT2D eigenvalue weighted by atomic mass is 35.5. The summed E-state index contributed by atoms with van der Waals surface area (Å²) in [7, 11) is 0. The van der Waals surface area contributed by atoms with E-state index in [-0.39, 0.29) is 17.6 Å². The summed E-state index contributed by atoms with van der Waals surface area (Å²) < 4.78 is 5.22. The van der Waals surface area contributed by atoms with Crippen LogP contribution in [0.15, 0.2) is 34.7 Å². The third-order valence-electron chi connectivity index (χ3n) is 2.85. The molecule has 5 nitrogen and oxygen atoms in total. The first-order chi connectivity index (χ1) is 9.88. The Morgan fingerprint density at radius 2 is 1.95 bits per heavy atom. The number of furan rings is 1. The number of hydrogen-bond donors (Lipinski definition) is 2. The maximum absolute atomic E-state index is 11.7. The van der Waals surface area contributed by atoms with Gasteiger partial charge < -0.3 is 14.8 Å². The largest absolute Gasteiger partial charge is 0.475 e. The molecule has 6 heteroatoms. The van der Waals surface area contributed by atoms with Crippen LogP contribution in [-0.2, 0) is 4.79 Å². The molecule has 110 valence electrons. The number of benzene rings is 1. The lowest BCUT2D eigenvalue weighted by atomic mass is 10.1. The number of carbonyl (C=O) groups is 2. The topological polar surface area (TPSA) is 79.5 Å². The molecule has 0 unspecified atom stereocenters. The number of anilines is 1. The number of amides is 1. The van der Waals surface area contributed by atoms with Gasteiger partial charge in [0, 0.05) is 11.5 Å². The molecule has 1 heterocycles. The van der Waals surface area contributed by atoms with Gasteiger partial charge in [0.25, 0.3) is 0 Å². The van der Waals surface area contributed by atoms with E-state index in [1.54, 1.807) is 38.1 Å². The summed E-state index contributed by atoms with van der Waals surface area (Å²) in [6.07, 6.45) is 0. The molecule has 2 aromatic rings. The van der Waals surface area contributed by atoms with E-state index in [1.165, 1.54) is 6.07 Å². The molecule has 0 bridgehead atoms. The second kappa shape index (κ2) is 6.01. The molecule has 0 fully saturated rings. The van der Waals surface area contributed by atoms with Gasteiger partial charge in [-0.3, -0.25) is 4.79 Å². The number of halogens is 1. The Kier molecular flexibility index (Phi) is 4.33. The molecule has 2 N–H and O–H groups in total. The summed E-state index contributed by atoms with van der Waals surface area (Å²) in [5.41, 5.74) is 1.09. The lowest BCUT2D eigenvalue weighted by molar-refractivity contribution is -0.118. The minimum Gasteiger partial charge on any atom is -0.475 e. The molecular formula is C15H14ClNO4. The average Bonchev–Trinajstić information content (AvgIpc) is 2.91. The number of rotatable bonds is 4. The van der Waals surface area contributed by atoms with Gasteiger partial charge in [-0.2, -0.15) is 0 Å². The molecule has 0 saturated heterocycles. The highest BCUT2D eigenvalue weighted by Gasteiger charge is 2.14. The summed E-state index contributed by atoms with van der Waals surface area (Å²) in [5.74, 6) is -1.22. The molecule has 2 rings (SSSR count). The first kappa shape index (κ1) is 15.1. The Bertz CT molecular complexity index is 691. The van der Waals surface area contributed by atoms with Crippen molar-refractivity contribution in [3.8, 4) is 11.3 Å². The van der Waals surface area contributed by atoms with Crippen LogP contribution in [0.1, 0.15) is 24.4 Å². The molecular weight excluding hydrogens is 294 g/mol. The predicted octanol–water partition coefficient (Wildman–Crippen LogP) is 3.89. The van der Waals surface area contributed by atoms with Gasteiger partial charge in [-0.05, 0) is 30.3 Å². The van der Waals surface area contributed by atoms with E-state index in [1.807, 2.05) is 0 Å². The van der Waals surface area contributed by atoms with Gasteiger partial charge in [-0.1, -0.05) is 25.4 Å². The monoisotopic (exact) mass is 307 g/mol. The Labute approximate surface area is 126 Å². The first-order valence-electron chi connectivity index (χ1n) is 6.32. The van der Waals surface area contributed by atoms with Crippen molar-refractivity contribution in [1.82, 2.24) is 0 Å². The zero-order valence-corrected chi connectivity index (χ0v) is 12.3. The van der Waals surface area contributed by atoms with E-state index >= 15 is 0 Å². The Morgan fingerprint density at radius 3 is 2.52 bits per heavy atom. The van der Waals surface area contributed by atoms with Crippen LogP contribution < -0.4 is 5.32 Å². The van der Waals surface area contributed by atoms with Crippen LogP contribution in [0.4, 0.5) is 5.69 Å². The third kappa shape index (κ3) is 3.44. The maximum Gasteiger partial charge on any atom is 0.371 e. The predicted molar refractivity (Wildman–Crippen MR) is 79.6 cm³/mol. The van der Waals surface area contributed by atoms with Crippen LogP contribution in [0.2, 0.25) is 5.02 Å². The number of carbonyl (C=O) groups excluding carboxylic acids is 1. The van der Waals surface area contributed by atoms with Crippen LogP contribution in [0.3, 0.4) is 0 Å². The highest BCUT2D eigenvalue weighted by Crippen LogP contribution is 2.30. The summed E-state index contributed by atoms with van der Waals surface area (Å²) in [5, 5.41) is 12.0. The third-order valence-corrected chi connectivity index (χ3v) is 3.18. The standard InChI is InChI=1S/C15H14ClNO4/c1-8(2)14(18)17-11-7-9(3-4-10(11)16)12-5-6-13(21-12)15(19)20/h3-8H,1-2H3,(H,17,18)(H,19,20). The molecule has 1 aromatic carbocycles. The van der Waals surface area contributed by atoms with Crippen LogP contribution in [0, 0.1) is 5.92 Å². The van der Waals surface area contributed by atoms with Gasteiger partial charge in [-0.25, -0.2) is 4.79 Å². The molecule has 0 radical (unpaired) electrons. The van der Waals surface area contributed by atoms with Crippen molar-refractivity contribution in [3.05, 3.63) is 41.1 Å². The van der Waals surface area contributed by atoms with Crippen molar-refractivity contribution in [2.45, 2.75) is 13.8 Å². The maximum atomic E-state index is 11.7. The van der Waals surface area contributed by atoms with E-state index in [4.69, 9.17) is 21.1 Å². The lowest BCUT2D eigenvalue weighted by Gasteiger charge is -2.10. The fourth-order valence-electron chi connectivity index (χ4n) is 1.66. The van der Waals surface area contributed by atoms with E-state index in [0.717, 1.165) is 0 Å². The lowest BCUT2D eigenvalue weighted by Crippen LogP contribution is -2.17. The Balaban J connectivity index is 2.33. The fourth-order valence-corrected chi connectivity index (χ4v) is 1.82. The van der Waals surface area contributed by atoms with Crippen molar-refractivity contribution < 1.29 is 19.1 Å². The summed E-state index contributed by atoms with van der Waals surface area (Å²) in [6, 6.07) is 7.89. The molecule has 0 spiro atoms. The number of carboxylic acids is 1.